The highest BCUT2D eigenvalue weighted by molar-refractivity contribution is 5.35. The first-order valence-electron chi connectivity index (χ1n) is 4.75. The Morgan fingerprint density at radius 2 is 2.25 bits per heavy atom. The Morgan fingerprint density at radius 1 is 1.50 bits per heavy atom. The van der Waals surface area contributed by atoms with Gasteiger partial charge in [-0.2, -0.15) is 0 Å². The molecule has 0 saturated heterocycles. The van der Waals surface area contributed by atoms with Crippen molar-refractivity contribution in [2.75, 3.05) is 0 Å². The molecule has 2 atom stereocenters. The molecule has 0 aromatic carbocycles. The van der Waals surface area contributed by atoms with E-state index in [2.05, 4.69) is 45.4 Å². The lowest BCUT2D eigenvalue weighted by Crippen LogP contribution is -2.22. The van der Waals surface area contributed by atoms with E-state index in [1.807, 2.05) is 0 Å². The van der Waals surface area contributed by atoms with Crippen LogP contribution in [0.25, 0.3) is 0 Å². The van der Waals surface area contributed by atoms with Crippen LogP contribution in [0.3, 0.4) is 0 Å². The van der Waals surface area contributed by atoms with E-state index < -0.39 is 0 Å². The highest BCUT2D eigenvalue weighted by Gasteiger charge is 2.37. The lowest BCUT2D eigenvalue weighted by Gasteiger charge is -2.31. The van der Waals surface area contributed by atoms with Crippen LogP contribution in [0.15, 0.2) is 23.8 Å². The zero-order valence-corrected chi connectivity index (χ0v) is 8.09. The van der Waals surface area contributed by atoms with E-state index in [9.17, 15) is 0 Å². The molecule has 1 saturated carbocycles. The quantitative estimate of drug-likeness (QED) is 0.510. The summed E-state index contributed by atoms with van der Waals surface area (Å²) in [5.41, 5.74) is 1.79. The lowest BCUT2D eigenvalue weighted by molar-refractivity contribution is 0.315. The van der Waals surface area contributed by atoms with Gasteiger partial charge in [0.2, 0.25) is 0 Å². The molecule has 12 heavy (non-hydrogen) atoms. The van der Waals surface area contributed by atoms with Crippen molar-refractivity contribution in [3.05, 3.63) is 30.2 Å². The van der Waals surface area contributed by atoms with Gasteiger partial charge in [0.15, 0.2) is 0 Å². The third kappa shape index (κ3) is 1.14. The van der Waals surface area contributed by atoms with Crippen LogP contribution in [0.5, 0.6) is 0 Å². The summed E-state index contributed by atoms with van der Waals surface area (Å²) >= 11 is 0. The Kier molecular flexibility index (Phi) is 1.67. The van der Waals surface area contributed by atoms with E-state index in [1.54, 1.807) is 0 Å². The van der Waals surface area contributed by atoms with Crippen molar-refractivity contribution in [2.24, 2.45) is 17.3 Å². The summed E-state index contributed by atoms with van der Waals surface area (Å²) in [5, 5.41) is 0. The second-order valence-electron chi connectivity index (χ2n) is 4.64. The van der Waals surface area contributed by atoms with Crippen LogP contribution >= 0.6 is 0 Å². The van der Waals surface area contributed by atoms with Crippen LogP contribution in [0.4, 0.5) is 0 Å². The van der Waals surface area contributed by atoms with Gasteiger partial charge in [0.1, 0.15) is 0 Å². The minimum atomic E-state index is 0.349. The Hall–Kier alpha value is -0.520. The highest BCUT2D eigenvalue weighted by Crippen LogP contribution is 2.47. The fourth-order valence-electron chi connectivity index (χ4n) is 2.31. The molecule has 0 spiro atoms. The number of fused-ring (bicyclic) bond motifs is 1. The topological polar surface area (TPSA) is 0 Å². The van der Waals surface area contributed by atoms with Crippen LogP contribution in [0, 0.1) is 23.7 Å². The minimum absolute atomic E-state index is 0.349. The van der Waals surface area contributed by atoms with Crippen LogP contribution in [-0.2, 0) is 0 Å². The molecule has 2 aliphatic carbocycles. The maximum atomic E-state index is 3.52. The minimum Gasteiger partial charge on any atom is -0.0783 e. The van der Waals surface area contributed by atoms with Crippen molar-refractivity contribution in [1.29, 1.82) is 0 Å². The number of hydrogen-bond acceptors (Lipinski definition) is 0. The predicted octanol–water partition coefficient (Wildman–Crippen LogP) is 3.25. The van der Waals surface area contributed by atoms with Gasteiger partial charge in [0.05, 0.1) is 0 Å². The molecule has 0 aromatic rings. The van der Waals surface area contributed by atoms with Crippen LogP contribution in [-0.4, -0.2) is 0 Å². The average molecular weight is 160 g/mol. The molecule has 0 bridgehead atoms. The highest BCUT2D eigenvalue weighted by atomic mass is 14.4. The van der Waals surface area contributed by atoms with E-state index in [4.69, 9.17) is 0 Å². The molecule has 1 fully saturated rings. The lowest BCUT2D eigenvalue weighted by atomic mass is 9.73. The molecule has 0 N–H and O–H groups in total. The fraction of sp³-hybridized carbons (Fsp3) is 0.583. The first-order valence-corrected chi connectivity index (χ1v) is 4.75. The van der Waals surface area contributed by atoms with E-state index in [0.29, 0.717) is 11.3 Å². The van der Waals surface area contributed by atoms with Crippen LogP contribution in [0.1, 0.15) is 27.2 Å². The number of rotatable bonds is 0. The number of allylic oxidation sites excluding steroid dienone is 4. The van der Waals surface area contributed by atoms with Gasteiger partial charge in [-0.3, -0.25) is 0 Å². The molecular formula is C12H16. The summed E-state index contributed by atoms with van der Waals surface area (Å²) in [5.74, 6) is 1.37. The Labute approximate surface area is 75.4 Å². The zero-order chi connectivity index (χ0) is 8.77. The summed E-state index contributed by atoms with van der Waals surface area (Å²) in [6.07, 6.45) is 11.5. The third-order valence-electron chi connectivity index (χ3n) is 3.08. The van der Waals surface area contributed by atoms with Gasteiger partial charge in [0.25, 0.3) is 0 Å². The standard InChI is InChI=1S/C12H16/c1-9-7-10-5-4-6-12(2,3)11(10)8-9/h4-6,9,11H,8H2,1-3H3. The summed E-state index contributed by atoms with van der Waals surface area (Å²) < 4.78 is 0. The monoisotopic (exact) mass is 160 g/mol. The maximum Gasteiger partial charge on any atom is 0.0154 e. The molecule has 2 rings (SSSR count). The molecule has 0 nitrogen and oxygen atoms in total. The van der Waals surface area contributed by atoms with Gasteiger partial charge in [-0.1, -0.05) is 44.6 Å². The van der Waals surface area contributed by atoms with Crippen LogP contribution in [0.2, 0.25) is 0 Å². The molecule has 0 aromatic heterocycles. The van der Waals surface area contributed by atoms with Gasteiger partial charge >= 0.3 is 0 Å². The molecule has 2 radical (unpaired) electrons. The third-order valence-corrected chi connectivity index (χ3v) is 3.08. The normalized spacial score (nSPS) is 37.8. The summed E-state index contributed by atoms with van der Waals surface area (Å²) in [7, 11) is 0. The smallest absolute Gasteiger partial charge is 0.0154 e. The molecule has 64 valence electrons. The SMILES string of the molecule is CC1[C]C2=CC=CC(C)(C)C2C1. The van der Waals surface area contributed by atoms with Gasteiger partial charge < -0.3 is 0 Å². The second kappa shape index (κ2) is 2.48. The first-order chi connectivity index (χ1) is 5.59. The van der Waals surface area contributed by atoms with Gasteiger partial charge in [0, 0.05) is 6.42 Å². The molecule has 2 aliphatic rings. The molecule has 0 heteroatoms. The molecule has 0 aliphatic heterocycles. The zero-order valence-electron chi connectivity index (χ0n) is 8.09. The van der Waals surface area contributed by atoms with Crippen molar-refractivity contribution in [3.63, 3.8) is 0 Å². The largest absolute Gasteiger partial charge is 0.0783 e. The van der Waals surface area contributed by atoms with Gasteiger partial charge in [-0.25, -0.2) is 0 Å². The van der Waals surface area contributed by atoms with Crippen molar-refractivity contribution in [1.82, 2.24) is 0 Å². The predicted molar refractivity (Wildman–Crippen MR) is 51.5 cm³/mol. The summed E-state index contributed by atoms with van der Waals surface area (Å²) in [6.45, 7) is 6.90. The van der Waals surface area contributed by atoms with Crippen molar-refractivity contribution >= 4 is 0 Å². The molecule has 0 amide bonds. The van der Waals surface area contributed by atoms with E-state index >= 15 is 0 Å². The summed E-state index contributed by atoms with van der Waals surface area (Å²) in [4.78, 5) is 0. The molecular weight excluding hydrogens is 144 g/mol. The average Bonchev–Trinajstić information content (AvgIpc) is 2.30. The van der Waals surface area contributed by atoms with Crippen molar-refractivity contribution in [2.45, 2.75) is 27.2 Å². The molecule has 0 heterocycles. The number of hydrogen-bond donors (Lipinski definition) is 0. The Morgan fingerprint density at radius 3 is 2.92 bits per heavy atom. The van der Waals surface area contributed by atoms with Crippen molar-refractivity contribution in [3.8, 4) is 0 Å². The van der Waals surface area contributed by atoms with E-state index in [-0.39, 0.29) is 0 Å². The molecule has 2 unspecified atom stereocenters. The maximum absolute atomic E-state index is 3.52. The Bertz CT molecular complexity index is 243. The first kappa shape index (κ1) is 8.10. The van der Waals surface area contributed by atoms with Crippen molar-refractivity contribution < 1.29 is 0 Å². The van der Waals surface area contributed by atoms with Gasteiger partial charge in [-0.05, 0) is 23.7 Å². The summed E-state index contributed by atoms with van der Waals surface area (Å²) in [6, 6.07) is 0. The fourth-order valence-corrected chi connectivity index (χ4v) is 2.31. The van der Waals surface area contributed by atoms with E-state index in [0.717, 1.165) is 5.92 Å². The van der Waals surface area contributed by atoms with E-state index in [1.165, 1.54) is 12.0 Å². The second-order valence-corrected chi connectivity index (χ2v) is 4.64. The van der Waals surface area contributed by atoms with Gasteiger partial charge in [-0.15, -0.1) is 0 Å². The van der Waals surface area contributed by atoms with Crippen LogP contribution < -0.4 is 0 Å². The Balaban J connectivity index is 2.30.